The number of hydrogen-bond donors (Lipinski definition) is 2. The number of carbonyl (C=O) groups is 4. The van der Waals surface area contributed by atoms with Crippen molar-refractivity contribution >= 4 is 45.8 Å². The van der Waals surface area contributed by atoms with Gasteiger partial charge in [0, 0.05) is 49.5 Å². The van der Waals surface area contributed by atoms with E-state index in [9.17, 15) is 19.2 Å². The summed E-state index contributed by atoms with van der Waals surface area (Å²) in [5.74, 6) is -2.06. The Balaban J connectivity index is 1.08. The third kappa shape index (κ3) is 8.94. The molecule has 18 heteroatoms. The molecule has 2 aromatic carbocycles. The Morgan fingerprint density at radius 2 is 1.11 bits per heavy atom. The molecule has 2 aliphatic rings. The number of hydrogen-bond acceptors (Lipinski definition) is 14. The van der Waals surface area contributed by atoms with Crippen LogP contribution in [0.3, 0.4) is 0 Å². The molecule has 0 spiro atoms. The molecule has 2 atom stereocenters. The minimum atomic E-state index is -0.968. The van der Waals surface area contributed by atoms with E-state index in [1.165, 1.54) is 38.5 Å². The van der Waals surface area contributed by atoms with Gasteiger partial charge in [0.25, 0.3) is 11.8 Å². The molecular formula is C36H46N10O8. The summed E-state index contributed by atoms with van der Waals surface area (Å²) < 4.78 is 11.0. The Hall–Kier alpha value is -5.62. The molecule has 18 nitrogen and oxygen atoms in total. The lowest BCUT2D eigenvalue weighted by atomic mass is 10.1. The number of amides is 2. The molecule has 4 aromatic rings. The molecule has 2 aliphatic heterocycles. The van der Waals surface area contributed by atoms with Gasteiger partial charge in [-0.3, -0.25) is 9.59 Å². The van der Waals surface area contributed by atoms with Gasteiger partial charge in [0.15, 0.2) is 0 Å². The standard InChI is InChI=1S/C36H46N10O8/c1-5-43-15-9-7-11-23(21-43)37-35(49)25-17-27-29(19-31(25)51-3)45(41-39-27)53-33(47)13-14-34(48)54-46-30-20-32(52-4)26(18-28(30)40-42-46)36(50)38-24-12-8-10-16-44(6-2)22-24/h13-14,17-20,23-24H,5-12,15-16,21-22H2,1-4H3,(H,37,49)(H,38,50)/b14-13+. The molecule has 0 bridgehead atoms. The predicted octanol–water partition coefficient (Wildman–Crippen LogP) is 1.57. The first-order valence-electron chi connectivity index (χ1n) is 18.3. The van der Waals surface area contributed by atoms with Gasteiger partial charge in [0.1, 0.15) is 33.6 Å². The average Bonchev–Trinajstić information content (AvgIpc) is 3.55. The SMILES string of the molecule is CCN1CCCCC(NC(=O)c2cc3nnn(OC(=O)/C=C/C(=O)On4nnc5cc(C(=O)NC6CCCCN(CC)C6)c(OC)cc54)c3cc2OC)C1. The van der Waals surface area contributed by atoms with Gasteiger partial charge in [0.2, 0.25) is 0 Å². The van der Waals surface area contributed by atoms with Crippen molar-refractivity contribution in [3.8, 4) is 11.5 Å². The second kappa shape index (κ2) is 17.5. The Bertz CT molecular complexity index is 1880. The van der Waals surface area contributed by atoms with Crippen molar-refractivity contribution in [1.29, 1.82) is 0 Å². The van der Waals surface area contributed by atoms with Crippen LogP contribution in [0.4, 0.5) is 0 Å². The van der Waals surface area contributed by atoms with E-state index in [-0.39, 0.29) is 68.6 Å². The Morgan fingerprint density at radius 3 is 1.50 bits per heavy atom. The quantitative estimate of drug-likeness (QED) is 0.157. The number of nitrogens with zero attached hydrogens (tertiary/aromatic N) is 8. The van der Waals surface area contributed by atoms with Gasteiger partial charge in [-0.2, -0.15) is 0 Å². The first kappa shape index (κ1) is 38.1. The van der Waals surface area contributed by atoms with E-state index >= 15 is 0 Å². The van der Waals surface area contributed by atoms with Crippen molar-refractivity contribution in [3.05, 3.63) is 47.5 Å². The fourth-order valence-electron chi connectivity index (χ4n) is 6.83. The van der Waals surface area contributed by atoms with Crippen LogP contribution >= 0.6 is 0 Å². The van der Waals surface area contributed by atoms with Crippen LogP contribution in [0.5, 0.6) is 11.5 Å². The van der Waals surface area contributed by atoms with Gasteiger partial charge in [-0.05, 0) is 74.4 Å². The summed E-state index contributed by atoms with van der Waals surface area (Å²) >= 11 is 0. The van der Waals surface area contributed by atoms with Crippen LogP contribution in [0.1, 0.15) is 73.1 Å². The minimum absolute atomic E-state index is 0.00392. The predicted molar refractivity (Wildman–Crippen MR) is 195 cm³/mol. The molecule has 2 saturated heterocycles. The molecule has 0 radical (unpaired) electrons. The fourth-order valence-corrected chi connectivity index (χ4v) is 6.83. The van der Waals surface area contributed by atoms with E-state index in [1.807, 2.05) is 0 Å². The number of aromatic nitrogens is 6. The highest BCUT2D eigenvalue weighted by atomic mass is 16.7. The molecule has 54 heavy (non-hydrogen) atoms. The molecule has 2 fully saturated rings. The molecule has 2 N–H and O–H groups in total. The van der Waals surface area contributed by atoms with Crippen molar-refractivity contribution in [1.82, 2.24) is 50.7 Å². The number of likely N-dealkylation sites (N-methyl/N-ethyl adjacent to an activating group) is 2. The van der Waals surface area contributed by atoms with Crippen molar-refractivity contribution in [2.24, 2.45) is 0 Å². The van der Waals surface area contributed by atoms with Crippen molar-refractivity contribution in [3.63, 3.8) is 0 Å². The third-order valence-electron chi connectivity index (χ3n) is 9.75. The number of benzene rings is 2. The molecule has 2 amide bonds. The zero-order chi connectivity index (χ0) is 38.2. The second-order valence-electron chi connectivity index (χ2n) is 13.3. The molecule has 0 saturated carbocycles. The lowest BCUT2D eigenvalue weighted by molar-refractivity contribution is -0.142. The first-order valence-corrected chi connectivity index (χ1v) is 18.3. The van der Waals surface area contributed by atoms with Crippen LogP contribution in [0, 0.1) is 0 Å². The highest BCUT2D eigenvalue weighted by Crippen LogP contribution is 2.27. The summed E-state index contributed by atoms with van der Waals surface area (Å²) in [6.07, 6.45) is 7.67. The summed E-state index contributed by atoms with van der Waals surface area (Å²) in [6.45, 7) is 9.59. The number of methoxy groups -OCH3 is 2. The van der Waals surface area contributed by atoms with Gasteiger partial charge < -0.3 is 39.6 Å². The maximum Gasteiger partial charge on any atom is 0.358 e. The van der Waals surface area contributed by atoms with Gasteiger partial charge in [-0.25, -0.2) is 9.59 Å². The molecular weight excluding hydrogens is 700 g/mol. The molecule has 0 aliphatic carbocycles. The van der Waals surface area contributed by atoms with Crippen LogP contribution in [0.15, 0.2) is 36.4 Å². The average molecular weight is 747 g/mol. The van der Waals surface area contributed by atoms with Gasteiger partial charge >= 0.3 is 11.9 Å². The lowest BCUT2D eigenvalue weighted by Gasteiger charge is -2.23. The number of fused-ring (bicyclic) bond motifs is 2. The van der Waals surface area contributed by atoms with E-state index in [4.69, 9.17) is 19.1 Å². The Kier molecular flexibility index (Phi) is 12.3. The van der Waals surface area contributed by atoms with Crippen LogP contribution in [0.2, 0.25) is 0 Å². The van der Waals surface area contributed by atoms with Crippen LogP contribution in [-0.4, -0.2) is 129 Å². The smallest absolute Gasteiger partial charge is 0.358 e. The number of nitrogens with one attached hydrogen (secondary N) is 2. The number of rotatable bonds is 12. The number of carbonyl (C=O) groups excluding carboxylic acids is 4. The first-order chi connectivity index (χ1) is 26.2. The van der Waals surface area contributed by atoms with Crippen molar-refractivity contribution < 1.29 is 38.3 Å². The largest absolute Gasteiger partial charge is 0.496 e. The maximum absolute atomic E-state index is 13.3. The molecule has 2 unspecified atom stereocenters. The van der Waals surface area contributed by atoms with Crippen molar-refractivity contribution in [2.75, 3.05) is 53.5 Å². The third-order valence-corrected chi connectivity index (χ3v) is 9.75. The van der Waals surface area contributed by atoms with E-state index < -0.39 is 11.9 Å². The van der Waals surface area contributed by atoms with E-state index in [0.717, 1.165) is 99.6 Å². The minimum Gasteiger partial charge on any atom is -0.496 e. The molecule has 4 heterocycles. The van der Waals surface area contributed by atoms with Gasteiger partial charge in [-0.15, -0.1) is 10.2 Å². The molecule has 2 aromatic heterocycles. The van der Waals surface area contributed by atoms with Crippen LogP contribution in [-0.2, 0) is 9.59 Å². The second-order valence-corrected chi connectivity index (χ2v) is 13.3. The molecule has 6 rings (SSSR count). The summed E-state index contributed by atoms with van der Waals surface area (Å²) in [4.78, 5) is 68.9. The van der Waals surface area contributed by atoms with Crippen LogP contribution < -0.4 is 29.8 Å². The molecule has 288 valence electrons. The number of likely N-dealkylation sites (tertiary alicyclic amines) is 2. The zero-order valence-corrected chi connectivity index (χ0v) is 30.9. The fraction of sp³-hybridized carbons (Fsp3) is 0.500. The lowest BCUT2D eigenvalue weighted by Crippen LogP contribution is -2.42. The monoisotopic (exact) mass is 746 g/mol. The maximum atomic E-state index is 13.3. The highest BCUT2D eigenvalue weighted by Gasteiger charge is 2.25. The van der Waals surface area contributed by atoms with Crippen molar-refractivity contribution in [2.45, 2.75) is 64.5 Å². The van der Waals surface area contributed by atoms with E-state index in [0.29, 0.717) is 0 Å². The normalized spacial score (nSPS) is 18.6. The number of ether oxygens (including phenoxy) is 2. The van der Waals surface area contributed by atoms with E-state index in [1.54, 1.807) is 0 Å². The highest BCUT2D eigenvalue weighted by molar-refractivity contribution is 6.01. The Labute approximate surface area is 311 Å². The van der Waals surface area contributed by atoms with E-state index in [2.05, 4.69) is 54.9 Å². The summed E-state index contributed by atoms with van der Waals surface area (Å²) in [6, 6.07) is 6.03. The van der Waals surface area contributed by atoms with Gasteiger partial charge in [0.05, 0.1) is 25.3 Å². The van der Waals surface area contributed by atoms with Crippen LogP contribution in [0.25, 0.3) is 22.1 Å². The summed E-state index contributed by atoms with van der Waals surface area (Å²) in [5, 5.41) is 22.1. The summed E-state index contributed by atoms with van der Waals surface area (Å²) in [5.41, 5.74) is 1.63. The zero-order valence-electron chi connectivity index (χ0n) is 30.9. The van der Waals surface area contributed by atoms with Gasteiger partial charge in [-0.1, -0.05) is 36.4 Å². The summed E-state index contributed by atoms with van der Waals surface area (Å²) in [7, 11) is 2.86. The Morgan fingerprint density at radius 1 is 0.685 bits per heavy atom. The topological polar surface area (TPSA) is 197 Å².